The molecule has 0 unspecified atom stereocenters. The van der Waals surface area contributed by atoms with Crippen molar-refractivity contribution in [2.24, 2.45) is 5.92 Å². The Labute approximate surface area is 240 Å². The van der Waals surface area contributed by atoms with Crippen LogP contribution in [0.3, 0.4) is 0 Å². The summed E-state index contributed by atoms with van der Waals surface area (Å²) in [6.45, 7) is 9.32. The van der Waals surface area contributed by atoms with Gasteiger partial charge in [-0.05, 0) is 93.0 Å². The molecule has 0 bridgehead atoms. The normalized spacial score (nSPS) is 15.9. The molecule has 2 aliphatic rings. The number of aromatic amines is 1. The van der Waals surface area contributed by atoms with Crippen molar-refractivity contribution >= 4 is 22.9 Å². The zero-order valence-corrected chi connectivity index (χ0v) is 23.9. The van der Waals surface area contributed by atoms with Crippen molar-refractivity contribution < 1.29 is 19.0 Å². The molecule has 6 rings (SSSR count). The van der Waals surface area contributed by atoms with Gasteiger partial charge in [-0.2, -0.15) is 0 Å². The summed E-state index contributed by atoms with van der Waals surface area (Å²) in [5.41, 5.74) is 4.52. The van der Waals surface area contributed by atoms with Crippen LogP contribution in [-0.4, -0.2) is 57.8 Å². The average Bonchev–Trinajstić information content (AvgIpc) is 3.41. The second-order valence-electron chi connectivity index (χ2n) is 11.8. The number of hydrogen-bond donors (Lipinski definition) is 2. The fraction of sp³-hybridized carbons (Fsp3) is 0.406. The molecule has 0 saturated carbocycles. The summed E-state index contributed by atoms with van der Waals surface area (Å²) in [7, 11) is 0. The molecule has 1 fully saturated rings. The monoisotopic (exact) mass is 555 g/mol. The Hall–Kier alpha value is -4.11. The van der Waals surface area contributed by atoms with E-state index >= 15 is 0 Å². The Morgan fingerprint density at radius 2 is 1.93 bits per heavy atom. The van der Waals surface area contributed by atoms with Crippen LogP contribution in [0, 0.1) is 5.92 Å². The van der Waals surface area contributed by atoms with Gasteiger partial charge in [0.1, 0.15) is 28.6 Å². The number of H-pyrrole nitrogens is 1. The summed E-state index contributed by atoms with van der Waals surface area (Å²) < 4.78 is 17.6. The first-order valence-electron chi connectivity index (χ1n) is 14.3. The standard InChI is InChI=1S/C32H37N5O4/c1-32(2,3)41-31(38)37-13-8-22-4-5-25(16-24(22)20-37)40-27-7-12-34-30-29(27)26(19-36-30)23-6-11-33-28(17-23)35-18-21-9-14-39-15-10-21/h4-7,11-12,16-17,19,21H,8-10,13-15,18,20H2,1-3H3,(H,33,35)(H,34,36). The molecule has 9 nitrogen and oxygen atoms in total. The third kappa shape index (κ3) is 6.30. The Bertz CT molecular complexity index is 1540. The number of fused-ring (bicyclic) bond motifs is 2. The minimum atomic E-state index is -0.528. The van der Waals surface area contributed by atoms with Gasteiger partial charge in [-0.1, -0.05) is 6.07 Å². The molecule has 1 aromatic carbocycles. The lowest BCUT2D eigenvalue weighted by Crippen LogP contribution is -2.39. The Morgan fingerprint density at radius 1 is 1.10 bits per heavy atom. The average molecular weight is 556 g/mol. The van der Waals surface area contributed by atoms with Crippen LogP contribution in [0.2, 0.25) is 0 Å². The van der Waals surface area contributed by atoms with E-state index in [4.69, 9.17) is 14.2 Å². The van der Waals surface area contributed by atoms with Crippen LogP contribution in [0.15, 0.2) is 55.0 Å². The number of carbonyl (C=O) groups excluding carboxylic acids is 1. The number of anilines is 1. The number of nitrogens with zero attached hydrogens (tertiary/aromatic N) is 3. The summed E-state index contributed by atoms with van der Waals surface area (Å²) >= 11 is 0. The summed E-state index contributed by atoms with van der Waals surface area (Å²) in [5, 5.41) is 4.42. The maximum atomic E-state index is 12.7. The van der Waals surface area contributed by atoms with Crippen molar-refractivity contribution in [3.05, 3.63) is 66.1 Å². The van der Waals surface area contributed by atoms with Crippen molar-refractivity contribution in [2.45, 2.75) is 52.2 Å². The predicted molar refractivity (Wildman–Crippen MR) is 158 cm³/mol. The summed E-state index contributed by atoms with van der Waals surface area (Å²) in [6, 6.07) is 12.1. The van der Waals surface area contributed by atoms with Crippen LogP contribution in [0.4, 0.5) is 10.6 Å². The van der Waals surface area contributed by atoms with Crippen LogP contribution in [-0.2, 0) is 22.4 Å². The highest BCUT2D eigenvalue weighted by Crippen LogP contribution is 2.38. The topological polar surface area (TPSA) is 102 Å². The number of aromatic nitrogens is 3. The fourth-order valence-corrected chi connectivity index (χ4v) is 5.44. The summed E-state index contributed by atoms with van der Waals surface area (Å²) in [6.07, 6.45) is 8.18. The largest absolute Gasteiger partial charge is 0.457 e. The Kier molecular flexibility index (Phi) is 7.53. The maximum absolute atomic E-state index is 12.7. The second-order valence-corrected chi connectivity index (χ2v) is 11.8. The first-order valence-corrected chi connectivity index (χ1v) is 14.3. The van der Waals surface area contributed by atoms with E-state index in [9.17, 15) is 4.79 Å². The van der Waals surface area contributed by atoms with E-state index in [2.05, 4.69) is 32.4 Å². The second kappa shape index (κ2) is 11.4. The molecule has 0 spiro atoms. The lowest BCUT2D eigenvalue weighted by molar-refractivity contribution is 0.0223. The molecule has 41 heavy (non-hydrogen) atoms. The molecule has 0 aliphatic carbocycles. The van der Waals surface area contributed by atoms with Crippen LogP contribution in [0.5, 0.6) is 11.5 Å². The molecule has 9 heteroatoms. The van der Waals surface area contributed by atoms with Crippen molar-refractivity contribution in [3.63, 3.8) is 0 Å². The number of rotatable bonds is 6. The van der Waals surface area contributed by atoms with E-state index in [-0.39, 0.29) is 6.09 Å². The molecule has 214 valence electrons. The van der Waals surface area contributed by atoms with Crippen molar-refractivity contribution in [2.75, 3.05) is 31.6 Å². The highest BCUT2D eigenvalue weighted by Gasteiger charge is 2.26. The molecular formula is C32H37N5O4. The predicted octanol–water partition coefficient (Wildman–Crippen LogP) is 6.55. The van der Waals surface area contributed by atoms with Crippen LogP contribution < -0.4 is 10.1 Å². The molecule has 1 saturated heterocycles. The molecule has 4 aromatic rings. The molecule has 0 atom stereocenters. The van der Waals surface area contributed by atoms with Crippen LogP contribution in [0.25, 0.3) is 22.2 Å². The zero-order valence-electron chi connectivity index (χ0n) is 23.9. The first kappa shape index (κ1) is 27.1. The van der Waals surface area contributed by atoms with Gasteiger partial charge >= 0.3 is 6.09 Å². The molecule has 2 aliphatic heterocycles. The van der Waals surface area contributed by atoms with Crippen molar-refractivity contribution in [3.8, 4) is 22.6 Å². The van der Waals surface area contributed by atoms with Crippen LogP contribution in [0.1, 0.15) is 44.7 Å². The van der Waals surface area contributed by atoms with E-state index < -0.39 is 5.60 Å². The van der Waals surface area contributed by atoms with E-state index in [1.54, 1.807) is 11.1 Å². The third-order valence-electron chi connectivity index (χ3n) is 7.59. The van der Waals surface area contributed by atoms with Gasteiger partial charge < -0.3 is 29.4 Å². The number of pyridine rings is 2. The van der Waals surface area contributed by atoms with Crippen LogP contribution >= 0.6 is 0 Å². The lowest BCUT2D eigenvalue weighted by atomic mass is 10.00. The van der Waals surface area contributed by atoms with E-state index in [1.165, 1.54) is 5.56 Å². The number of hydrogen-bond acceptors (Lipinski definition) is 7. The Balaban J connectivity index is 1.22. The number of carbonyl (C=O) groups is 1. The minimum absolute atomic E-state index is 0.291. The van der Waals surface area contributed by atoms with Gasteiger partial charge in [-0.3, -0.25) is 0 Å². The minimum Gasteiger partial charge on any atom is -0.457 e. The van der Waals surface area contributed by atoms with E-state index in [1.807, 2.05) is 57.4 Å². The van der Waals surface area contributed by atoms with Crippen molar-refractivity contribution in [1.82, 2.24) is 19.9 Å². The van der Waals surface area contributed by atoms with Gasteiger partial charge in [0.05, 0.1) is 5.39 Å². The fourth-order valence-electron chi connectivity index (χ4n) is 5.44. The number of nitrogens with one attached hydrogen (secondary N) is 2. The molecule has 5 heterocycles. The number of ether oxygens (including phenoxy) is 3. The number of amides is 1. The highest BCUT2D eigenvalue weighted by atomic mass is 16.6. The molecule has 1 amide bonds. The molecule has 3 aromatic heterocycles. The van der Waals surface area contributed by atoms with Gasteiger partial charge in [0, 0.05) is 57.0 Å². The first-order chi connectivity index (χ1) is 19.8. The van der Waals surface area contributed by atoms with Gasteiger partial charge in [0.2, 0.25) is 0 Å². The van der Waals surface area contributed by atoms with Gasteiger partial charge in [0.25, 0.3) is 0 Å². The smallest absolute Gasteiger partial charge is 0.410 e. The zero-order chi connectivity index (χ0) is 28.4. The number of benzene rings is 1. The quantitative estimate of drug-likeness (QED) is 0.278. The van der Waals surface area contributed by atoms with Crippen molar-refractivity contribution in [1.29, 1.82) is 0 Å². The third-order valence-corrected chi connectivity index (χ3v) is 7.59. The van der Waals surface area contributed by atoms with E-state index in [0.717, 1.165) is 72.6 Å². The highest BCUT2D eigenvalue weighted by molar-refractivity contribution is 5.98. The lowest BCUT2D eigenvalue weighted by Gasteiger charge is -2.31. The summed E-state index contributed by atoms with van der Waals surface area (Å²) in [5.74, 6) is 2.86. The van der Waals surface area contributed by atoms with Gasteiger partial charge in [0.15, 0.2) is 0 Å². The van der Waals surface area contributed by atoms with Gasteiger partial charge in [-0.15, -0.1) is 0 Å². The maximum Gasteiger partial charge on any atom is 0.410 e. The molecular weight excluding hydrogens is 518 g/mol. The SMILES string of the molecule is CC(C)(C)OC(=O)N1CCc2ccc(Oc3ccnc4[nH]cc(-c5ccnc(NCC6CCOCC6)c5)c34)cc2C1. The Morgan fingerprint density at radius 3 is 2.76 bits per heavy atom. The van der Waals surface area contributed by atoms with E-state index in [0.29, 0.717) is 30.5 Å². The molecule has 2 N–H and O–H groups in total. The summed E-state index contributed by atoms with van der Waals surface area (Å²) in [4.78, 5) is 26.8. The van der Waals surface area contributed by atoms with Gasteiger partial charge in [-0.25, -0.2) is 14.8 Å². The molecule has 0 radical (unpaired) electrons.